The number of ether oxygens (including phenoxy) is 1. The van der Waals surface area contributed by atoms with Crippen LogP contribution in [-0.2, 0) is 11.3 Å². The van der Waals surface area contributed by atoms with Gasteiger partial charge in [0, 0.05) is 55.2 Å². The van der Waals surface area contributed by atoms with Crippen LogP contribution < -0.4 is 21.5 Å². The summed E-state index contributed by atoms with van der Waals surface area (Å²) in [5.41, 5.74) is 8.61. The van der Waals surface area contributed by atoms with E-state index < -0.39 is 0 Å². The second kappa shape index (κ2) is 9.46. The number of benzene rings is 1. The zero-order chi connectivity index (χ0) is 23.5. The normalized spacial score (nSPS) is 13.9. The molecule has 0 aliphatic carbocycles. The van der Waals surface area contributed by atoms with Crippen LogP contribution in [0.25, 0.3) is 22.0 Å². The first-order valence-electron chi connectivity index (χ1n) is 11.0. The molecule has 1 aromatic carbocycles. The third kappa shape index (κ3) is 4.41. The average molecular weight is 460 g/mol. The van der Waals surface area contributed by atoms with Crippen LogP contribution in [0.15, 0.2) is 59.8 Å². The van der Waals surface area contributed by atoms with Gasteiger partial charge in [-0.2, -0.15) is 0 Å². The van der Waals surface area contributed by atoms with E-state index in [9.17, 15) is 9.90 Å². The number of nitrogens with zero attached hydrogens (tertiary/aromatic N) is 5. The Hall–Kier alpha value is -4.02. The lowest BCUT2D eigenvalue weighted by atomic mass is 10.1. The second-order valence-corrected chi connectivity index (χ2v) is 7.96. The minimum Gasteiger partial charge on any atom is -0.395 e. The van der Waals surface area contributed by atoms with Crippen molar-refractivity contribution < 1.29 is 9.84 Å². The molecule has 0 unspecified atom stereocenters. The van der Waals surface area contributed by atoms with E-state index in [2.05, 4.69) is 20.2 Å². The highest BCUT2D eigenvalue weighted by molar-refractivity contribution is 5.95. The Balaban J connectivity index is 1.56. The summed E-state index contributed by atoms with van der Waals surface area (Å²) < 4.78 is 6.91. The van der Waals surface area contributed by atoms with Crippen molar-refractivity contribution in [1.82, 2.24) is 19.5 Å². The highest BCUT2D eigenvalue weighted by Gasteiger charge is 2.15. The van der Waals surface area contributed by atoms with Crippen molar-refractivity contribution in [2.75, 3.05) is 48.9 Å². The minimum absolute atomic E-state index is 0.133. The zero-order valence-corrected chi connectivity index (χ0v) is 18.5. The molecule has 1 fully saturated rings. The number of morpholine rings is 1. The molecule has 0 spiro atoms. The number of aliphatic hydroxyl groups excluding tert-OH is 1. The highest BCUT2D eigenvalue weighted by Crippen LogP contribution is 2.28. The Morgan fingerprint density at radius 1 is 1.09 bits per heavy atom. The summed E-state index contributed by atoms with van der Waals surface area (Å²) in [5, 5.41) is 13.8. The van der Waals surface area contributed by atoms with Gasteiger partial charge in [-0.15, -0.1) is 0 Å². The van der Waals surface area contributed by atoms with Crippen LogP contribution in [0.3, 0.4) is 0 Å². The molecule has 4 N–H and O–H groups in total. The minimum atomic E-state index is -0.230. The molecule has 10 nitrogen and oxygen atoms in total. The first kappa shape index (κ1) is 21.8. The van der Waals surface area contributed by atoms with E-state index in [0.717, 1.165) is 37.7 Å². The molecule has 0 bridgehead atoms. The van der Waals surface area contributed by atoms with E-state index in [0.29, 0.717) is 27.8 Å². The fraction of sp³-hybridized carbons (Fsp3) is 0.250. The van der Waals surface area contributed by atoms with E-state index in [1.54, 1.807) is 18.6 Å². The SMILES string of the molecule is Nc1ncc(-c2cc3ccn(CCO)c(=O)c3c(Nc3ccc(N4CCOCC4)cc3)n2)cn1. The van der Waals surface area contributed by atoms with Gasteiger partial charge >= 0.3 is 0 Å². The molecule has 1 saturated heterocycles. The van der Waals surface area contributed by atoms with Gasteiger partial charge in [0.25, 0.3) is 5.56 Å². The molecule has 0 amide bonds. The third-order valence-electron chi connectivity index (χ3n) is 5.77. The molecular weight excluding hydrogens is 434 g/mol. The average Bonchev–Trinajstić information content (AvgIpc) is 2.87. The number of fused-ring (bicyclic) bond motifs is 1. The molecule has 174 valence electrons. The van der Waals surface area contributed by atoms with Crippen LogP contribution in [0.2, 0.25) is 0 Å². The molecule has 3 aromatic heterocycles. The third-order valence-corrected chi connectivity index (χ3v) is 5.77. The standard InChI is InChI=1S/C24H25N7O3/c25-24-26-14-17(15-27-24)20-13-16-5-6-31(7-10-32)23(33)21(16)22(29-20)28-18-1-3-19(4-2-18)30-8-11-34-12-9-30/h1-6,13-15,32H,7-12H2,(H,28,29)(H2,25,26,27). The van der Waals surface area contributed by atoms with Gasteiger partial charge in [-0.1, -0.05) is 0 Å². The second-order valence-electron chi connectivity index (χ2n) is 7.96. The maximum Gasteiger partial charge on any atom is 0.262 e. The summed E-state index contributed by atoms with van der Waals surface area (Å²) in [6.07, 6.45) is 4.87. The Morgan fingerprint density at radius 3 is 2.53 bits per heavy atom. The summed E-state index contributed by atoms with van der Waals surface area (Å²) in [4.78, 5) is 28.3. The van der Waals surface area contributed by atoms with Crippen LogP contribution in [-0.4, -0.2) is 57.5 Å². The smallest absolute Gasteiger partial charge is 0.262 e. The van der Waals surface area contributed by atoms with Gasteiger partial charge in [0.15, 0.2) is 0 Å². The van der Waals surface area contributed by atoms with E-state index in [4.69, 9.17) is 15.5 Å². The Kier molecular flexibility index (Phi) is 6.07. The van der Waals surface area contributed by atoms with Crippen molar-refractivity contribution in [3.8, 4) is 11.3 Å². The lowest BCUT2D eigenvalue weighted by Crippen LogP contribution is -2.36. The lowest BCUT2D eigenvalue weighted by Gasteiger charge is -2.29. The highest BCUT2D eigenvalue weighted by atomic mass is 16.5. The first-order chi connectivity index (χ1) is 16.6. The predicted octanol–water partition coefficient (Wildman–Crippen LogP) is 2.01. The maximum atomic E-state index is 13.2. The number of nitrogen functional groups attached to an aromatic ring is 1. The van der Waals surface area contributed by atoms with Crippen LogP contribution in [0, 0.1) is 0 Å². The number of nitrogens with two attached hydrogens (primary N) is 1. The molecule has 1 aliphatic rings. The molecule has 10 heteroatoms. The summed E-state index contributed by atoms with van der Waals surface area (Å²) in [7, 11) is 0. The Labute approximate surface area is 195 Å². The van der Waals surface area contributed by atoms with E-state index in [1.165, 1.54) is 4.57 Å². The lowest BCUT2D eigenvalue weighted by molar-refractivity contribution is 0.122. The van der Waals surface area contributed by atoms with Gasteiger partial charge in [-0.3, -0.25) is 4.79 Å². The van der Waals surface area contributed by atoms with Gasteiger partial charge in [-0.05, 0) is 41.8 Å². The van der Waals surface area contributed by atoms with Crippen molar-refractivity contribution in [2.24, 2.45) is 0 Å². The van der Waals surface area contributed by atoms with Crippen molar-refractivity contribution >= 4 is 33.9 Å². The molecule has 0 saturated carbocycles. The molecule has 5 rings (SSSR count). The van der Waals surface area contributed by atoms with E-state index in [1.807, 2.05) is 36.4 Å². The fourth-order valence-electron chi connectivity index (χ4n) is 4.01. The number of hydrogen-bond acceptors (Lipinski definition) is 9. The van der Waals surface area contributed by atoms with Gasteiger partial charge < -0.3 is 30.4 Å². The Bertz CT molecular complexity index is 1350. The number of aliphatic hydroxyl groups is 1. The molecule has 4 heterocycles. The predicted molar refractivity (Wildman–Crippen MR) is 131 cm³/mol. The number of pyridine rings is 2. The molecule has 0 atom stereocenters. The largest absolute Gasteiger partial charge is 0.395 e. The molecular formula is C24H25N7O3. The van der Waals surface area contributed by atoms with Gasteiger partial charge in [-0.25, -0.2) is 15.0 Å². The number of aromatic nitrogens is 4. The van der Waals surface area contributed by atoms with E-state index >= 15 is 0 Å². The zero-order valence-electron chi connectivity index (χ0n) is 18.5. The fourth-order valence-corrected chi connectivity index (χ4v) is 4.01. The topological polar surface area (TPSA) is 131 Å². The molecule has 1 aliphatic heterocycles. The monoisotopic (exact) mass is 459 g/mol. The Morgan fingerprint density at radius 2 is 1.82 bits per heavy atom. The molecule has 4 aromatic rings. The first-order valence-corrected chi connectivity index (χ1v) is 11.0. The van der Waals surface area contributed by atoms with E-state index in [-0.39, 0.29) is 24.7 Å². The number of rotatable bonds is 6. The van der Waals surface area contributed by atoms with Gasteiger partial charge in [0.2, 0.25) is 5.95 Å². The summed E-state index contributed by atoms with van der Waals surface area (Å²) in [6, 6.07) is 11.7. The van der Waals surface area contributed by atoms with Crippen LogP contribution in [0.1, 0.15) is 0 Å². The molecule has 0 radical (unpaired) electrons. The number of anilines is 4. The van der Waals surface area contributed by atoms with Crippen molar-refractivity contribution in [3.05, 3.63) is 65.3 Å². The van der Waals surface area contributed by atoms with Gasteiger partial charge in [0.1, 0.15) is 5.82 Å². The van der Waals surface area contributed by atoms with Crippen molar-refractivity contribution in [1.29, 1.82) is 0 Å². The summed E-state index contributed by atoms with van der Waals surface area (Å²) in [6.45, 7) is 3.22. The quantitative estimate of drug-likeness (QED) is 0.396. The molecule has 34 heavy (non-hydrogen) atoms. The van der Waals surface area contributed by atoms with Crippen LogP contribution >= 0.6 is 0 Å². The van der Waals surface area contributed by atoms with Crippen LogP contribution in [0.5, 0.6) is 0 Å². The van der Waals surface area contributed by atoms with Crippen LogP contribution in [0.4, 0.5) is 23.1 Å². The van der Waals surface area contributed by atoms with Gasteiger partial charge in [0.05, 0.1) is 30.9 Å². The van der Waals surface area contributed by atoms with Crippen molar-refractivity contribution in [2.45, 2.75) is 6.54 Å². The number of hydrogen-bond donors (Lipinski definition) is 3. The maximum absolute atomic E-state index is 13.2. The number of nitrogens with one attached hydrogen (secondary N) is 1. The van der Waals surface area contributed by atoms with Crippen molar-refractivity contribution in [3.63, 3.8) is 0 Å². The summed E-state index contributed by atoms with van der Waals surface area (Å²) >= 11 is 0. The summed E-state index contributed by atoms with van der Waals surface area (Å²) in [5.74, 6) is 0.593.